The molecular formula is C13H13ClF2O3. The molecule has 0 aliphatic rings. The minimum Gasteiger partial charge on any atom is -0.462 e. The van der Waals surface area contributed by atoms with Gasteiger partial charge in [0.1, 0.15) is 5.38 Å². The minimum absolute atomic E-state index is 0.0604. The molecule has 1 aromatic carbocycles. The van der Waals surface area contributed by atoms with E-state index in [-0.39, 0.29) is 23.3 Å². The van der Waals surface area contributed by atoms with Crippen LogP contribution in [0.25, 0.3) is 0 Å². The van der Waals surface area contributed by atoms with E-state index in [1.807, 2.05) is 0 Å². The van der Waals surface area contributed by atoms with Gasteiger partial charge < -0.3 is 4.74 Å². The lowest BCUT2D eigenvalue weighted by molar-refractivity contribution is -0.116. The molecule has 0 saturated carbocycles. The van der Waals surface area contributed by atoms with Gasteiger partial charge >= 0.3 is 5.97 Å². The van der Waals surface area contributed by atoms with Crippen LogP contribution in [0.5, 0.6) is 0 Å². The quantitative estimate of drug-likeness (QED) is 0.614. The van der Waals surface area contributed by atoms with Crippen molar-refractivity contribution in [2.24, 2.45) is 0 Å². The van der Waals surface area contributed by atoms with Crippen LogP contribution in [0.1, 0.15) is 47.1 Å². The minimum atomic E-state index is -2.77. The Labute approximate surface area is 114 Å². The van der Waals surface area contributed by atoms with E-state index in [1.54, 1.807) is 6.92 Å². The predicted molar refractivity (Wildman–Crippen MR) is 66.6 cm³/mol. The van der Waals surface area contributed by atoms with E-state index in [2.05, 4.69) is 0 Å². The average molecular weight is 291 g/mol. The van der Waals surface area contributed by atoms with E-state index < -0.39 is 23.6 Å². The van der Waals surface area contributed by atoms with Gasteiger partial charge in [-0.25, -0.2) is 13.6 Å². The lowest BCUT2D eigenvalue weighted by Gasteiger charge is -2.13. The summed E-state index contributed by atoms with van der Waals surface area (Å²) in [4.78, 5) is 22.8. The van der Waals surface area contributed by atoms with Crippen LogP contribution in [0.15, 0.2) is 18.2 Å². The zero-order valence-electron chi connectivity index (χ0n) is 10.5. The highest BCUT2D eigenvalue weighted by Gasteiger charge is 2.23. The van der Waals surface area contributed by atoms with Gasteiger partial charge in [0.2, 0.25) is 0 Å². The summed E-state index contributed by atoms with van der Waals surface area (Å²) in [6.45, 7) is 3.00. The fourth-order valence-electron chi connectivity index (χ4n) is 1.55. The number of ether oxygens (including phenoxy) is 1. The molecule has 1 unspecified atom stereocenters. The smallest absolute Gasteiger partial charge is 0.338 e. The molecule has 0 heterocycles. The standard InChI is InChI=1S/C13H13ClF2O3/c1-3-19-13(18)8-4-5-9(12(15)16)10(6-8)11(14)7(2)17/h4-6,11-12H,3H2,1-2H3. The summed E-state index contributed by atoms with van der Waals surface area (Å²) >= 11 is 5.81. The number of hydrogen-bond donors (Lipinski definition) is 0. The van der Waals surface area contributed by atoms with Crippen molar-refractivity contribution in [2.45, 2.75) is 25.7 Å². The molecule has 0 amide bonds. The van der Waals surface area contributed by atoms with Crippen molar-refractivity contribution in [1.82, 2.24) is 0 Å². The van der Waals surface area contributed by atoms with Crippen LogP contribution in [0.3, 0.4) is 0 Å². The van der Waals surface area contributed by atoms with E-state index in [4.69, 9.17) is 16.3 Å². The summed E-state index contributed by atoms with van der Waals surface area (Å²) in [5, 5.41) is -1.21. The third-order valence-corrected chi connectivity index (χ3v) is 3.01. The average Bonchev–Trinajstić information content (AvgIpc) is 2.37. The molecule has 0 aliphatic heterocycles. The number of Topliss-reactive ketones (excluding diaryl/α,β-unsaturated/α-hetero) is 1. The lowest BCUT2D eigenvalue weighted by atomic mass is 9.99. The molecule has 19 heavy (non-hydrogen) atoms. The molecule has 6 heteroatoms. The van der Waals surface area contributed by atoms with Crippen molar-refractivity contribution < 1.29 is 23.1 Å². The monoisotopic (exact) mass is 290 g/mol. The number of carbonyl (C=O) groups is 2. The Morgan fingerprint density at radius 2 is 1.95 bits per heavy atom. The Balaban J connectivity index is 3.26. The second kappa shape index (κ2) is 6.61. The van der Waals surface area contributed by atoms with Crippen LogP contribution in [0.4, 0.5) is 8.78 Å². The summed E-state index contributed by atoms with van der Waals surface area (Å²) < 4.78 is 30.5. The summed E-state index contributed by atoms with van der Waals surface area (Å²) in [5.41, 5.74) is -0.328. The molecule has 0 radical (unpaired) electrons. The van der Waals surface area contributed by atoms with E-state index in [1.165, 1.54) is 19.1 Å². The summed E-state index contributed by atoms with van der Waals surface area (Å²) in [5.74, 6) is -1.11. The van der Waals surface area contributed by atoms with Crippen molar-refractivity contribution in [3.8, 4) is 0 Å². The SMILES string of the molecule is CCOC(=O)c1ccc(C(F)F)c(C(Cl)C(C)=O)c1. The molecule has 0 aliphatic carbocycles. The number of halogens is 3. The lowest BCUT2D eigenvalue weighted by Crippen LogP contribution is -2.10. The topological polar surface area (TPSA) is 43.4 Å². The second-order valence-corrected chi connectivity index (χ2v) is 4.27. The molecule has 0 fully saturated rings. The van der Waals surface area contributed by atoms with Crippen molar-refractivity contribution >= 4 is 23.4 Å². The van der Waals surface area contributed by atoms with Crippen LogP contribution in [0, 0.1) is 0 Å². The molecule has 1 rings (SSSR count). The first kappa shape index (κ1) is 15.6. The van der Waals surface area contributed by atoms with Crippen molar-refractivity contribution in [2.75, 3.05) is 6.61 Å². The molecule has 3 nitrogen and oxygen atoms in total. The molecule has 0 N–H and O–H groups in total. The number of carbonyl (C=O) groups excluding carboxylic acids is 2. The molecule has 1 atom stereocenters. The zero-order valence-corrected chi connectivity index (χ0v) is 11.2. The highest BCUT2D eigenvalue weighted by molar-refractivity contribution is 6.31. The first-order valence-corrected chi connectivity index (χ1v) is 6.05. The Morgan fingerprint density at radius 1 is 1.32 bits per heavy atom. The fourth-order valence-corrected chi connectivity index (χ4v) is 1.74. The molecule has 0 spiro atoms. The van der Waals surface area contributed by atoms with Crippen LogP contribution in [-0.4, -0.2) is 18.4 Å². The van der Waals surface area contributed by atoms with Gasteiger partial charge in [-0.1, -0.05) is 6.07 Å². The van der Waals surface area contributed by atoms with Crippen LogP contribution < -0.4 is 0 Å². The largest absolute Gasteiger partial charge is 0.462 e. The second-order valence-electron chi connectivity index (χ2n) is 3.84. The molecule has 0 saturated heterocycles. The maximum atomic E-state index is 12.8. The number of hydrogen-bond acceptors (Lipinski definition) is 3. The summed E-state index contributed by atoms with van der Waals surface area (Å²) in [6.07, 6.45) is -2.77. The first-order chi connectivity index (χ1) is 8.88. The van der Waals surface area contributed by atoms with Crippen molar-refractivity contribution in [3.63, 3.8) is 0 Å². The number of benzene rings is 1. The number of esters is 1. The highest BCUT2D eigenvalue weighted by Crippen LogP contribution is 2.32. The van der Waals surface area contributed by atoms with Gasteiger partial charge in [-0.3, -0.25) is 4.79 Å². The van der Waals surface area contributed by atoms with Gasteiger partial charge in [0.05, 0.1) is 12.2 Å². The Hall–Kier alpha value is -1.49. The van der Waals surface area contributed by atoms with Gasteiger partial charge in [-0.15, -0.1) is 11.6 Å². The Kier molecular flexibility index (Phi) is 5.42. The zero-order chi connectivity index (χ0) is 14.6. The molecular weight excluding hydrogens is 278 g/mol. The number of rotatable bonds is 5. The van der Waals surface area contributed by atoms with E-state index in [0.717, 1.165) is 6.07 Å². The third-order valence-electron chi connectivity index (χ3n) is 2.46. The molecule has 104 valence electrons. The van der Waals surface area contributed by atoms with E-state index in [9.17, 15) is 18.4 Å². The summed E-state index contributed by atoms with van der Waals surface area (Å²) in [7, 11) is 0. The fraction of sp³-hybridized carbons (Fsp3) is 0.385. The van der Waals surface area contributed by atoms with Gasteiger partial charge in [-0.2, -0.15) is 0 Å². The Morgan fingerprint density at radius 3 is 2.42 bits per heavy atom. The van der Waals surface area contributed by atoms with E-state index >= 15 is 0 Å². The first-order valence-electron chi connectivity index (χ1n) is 5.62. The van der Waals surface area contributed by atoms with Gasteiger partial charge in [0.25, 0.3) is 6.43 Å². The Bertz CT molecular complexity index is 489. The van der Waals surface area contributed by atoms with Gasteiger partial charge in [-0.05, 0) is 31.5 Å². The summed E-state index contributed by atoms with van der Waals surface area (Å²) in [6, 6.07) is 3.50. The predicted octanol–water partition coefficient (Wildman–Crippen LogP) is 3.67. The maximum absolute atomic E-state index is 12.8. The third kappa shape index (κ3) is 3.73. The van der Waals surface area contributed by atoms with Gasteiger partial charge in [0.15, 0.2) is 5.78 Å². The van der Waals surface area contributed by atoms with Gasteiger partial charge in [0, 0.05) is 5.56 Å². The molecule has 0 bridgehead atoms. The van der Waals surface area contributed by atoms with Crippen molar-refractivity contribution in [1.29, 1.82) is 0 Å². The number of alkyl halides is 3. The van der Waals surface area contributed by atoms with Crippen LogP contribution in [-0.2, 0) is 9.53 Å². The molecule has 1 aromatic rings. The maximum Gasteiger partial charge on any atom is 0.338 e. The highest BCUT2D eigenvalue weighted by atomic mass is 35.5. The van der Waals surface area contributed by atoms with Crippen LogP contribution >= 0.6 is 11.6 Å². The number of ketones is 1. The van der Waals surface area contributed by atoms with Crippen LogP contribution in [0.2, 0.25) is 0 Å². The normalized spacial score (nSPS) is 12.3. The van der Waals surface area contributed by atoms with E-state index in [0.29, 0.717) is 0 Å². The van der Waals surface area contributed by atoms with Crippen molar-refractivity contribution in [3.05, 3.63) is 34.9 Å². The molecule has 0 aromatic heterocycles.